The second-order valence-corrected chi connectivity index (χ2v) is 5.46. The molecule has 2 fully saturated rings. The number of nitrogens with zero attached hydrogens (tertiary/aromatic N) is 1. The number of carbonyl (C=O) groups excluding carboxylic acids is 1. The first-order valence-electron chi connectivity index (χ1n) is 5.77. The van der Waals surface area contributed by atoms with E-state index in [1.165, 1.54) is 0 Å². The number of likely N-dealkylation sites (tertiary alicyclic amines) is 1. The van der Waals surface area contributed by atoms with Crippen LogP contribution in [0.5, 0.6) is 0 Å². The fourth-order valence-corrected chi connectivity index (χ4v) is 2.71. The van der Waals surface area contributed by atoms with E-state index in [1.807, 2.05) is 0 Å². The topological polar surface area (TPSA) is 49.8 Å². The van der Waals surface area contributed by atoms with Crippen LogP contribution in [0.25, 0.3) is 0 Å². The maximum absolute atomic E-state index is 11.7. The summed E-state index contributed by atoms with van der Waals surface area (Å²) in [7, 11) is 0. The van der Waals surface area contributed by atoms with Gasteiger partial charge in [0.25, 0.3) is 0 Å². The predicted molar refractivity (Wildman–Crippen MR) is 60.4 cm³/mol. The number of carbonyl (C=O) groups is 1. The van der Waals surface area contributed by atoms with E-state index in [0.717, 1.165) is 6.42 Å². The van der Waals surface area contributed by atoms with Crippen LogP contribution in [0, 0.1) is 0 Å². The summed E-state index contributed by atoms with van der Waals surface area (Å²) in [5.41, 5.74) is -0.320. The Kier molecular flexibility index (Phi) is 3.42. The molecule has 0 aromatic rings. The highest BCUT2D eigenvalue weighted by Gasteiger charge is 2.44. The molecule has 0 radical (unpaired) electrons. The van der Waals surface area contributed by atoms with Crippen LogP contribution >= 0.6 is 11.6 Å². The standard InChI is InChI=1S/C11H18ClNO3/c1-8(12)10(15)13-4-3-11(7-13)6-9(14)2-5-16-11/h8-9,14H,2-7H2,1H3/t8-,9-,11-/m0/s1. The maximum atomic E-state index is 11.7. The second kappa shape index (κ2) is 4.51. The fraction of sp³-hybridized carbons (Fsp3) is 0.909. The van der Waals surface area contributed by atoms with E-state index in [1.54, 1.807) is 11.8 Å². The zero-order valence-corrected chi connectivity index (χ0v) is 10.2. The molecule has 2 aliphatic rings. The van der Waals surface area contributed by atoms with Crippen molar-refractivity contribution in [2.75, 3.05) is 19.7 Å². The SMILES string of the molecule is C[C@H](Cl)C(=O)N1CC[C@]2(C[C@@H](O)CCO2)C1. The van der Waals surface area contributed by atoms with E-state index in [2.05, 4.69) is 0 Å². The van der Waals surface area contributed by atoms with Crippen LogP contribution in [0.2, 0.25) is 0 Å². The third kappa shape index (κ3) is 2.34. The minimum Gasteiger partial charge on any atom is -0.393 e. The highest BCUT2D eigenvalue weighted by atomic mass is 35.5. The molecule has 0 bridgehead atoms. The zero-order valence-electron chi connectivity index (χ0n) is 9.49. The number of hydrogen-bond acceptors (Lipinski definition) is 3. The third-order valence-corrected chi connectivity index (χ3v) is 3.62. The molecule has 4 nitrogen and oxygen atoms in total. The highest BCUT2D eigenvalue weighted by molar-refractivity contribution is 6.30. The van der Waals surface area contributed by atoms with E-state index in [9.17, 15) is 9.90 Å². The Morgan fingerprint density at radius 2 is 2.44 bits per heavy atom. The quantitative estimate of drug-likeness (QED) is 0.696. The van der Waals surface area contributed by atoms with E-state index < -0.39 is 5.38 Å². The Bertz CT molecular complexity index is 284. The summed E-state index contributed by atoms with van der Waals surface area (Å²) in [5.74, 6) is -0.0396. The van der Waals surface area contributed by atoms with Gasteiger partial charge in [0.1, 0.15) is 5.38 Å². The average molecular weight is 248 g/mol. The summed E-state index contributed by atoms with van der Waals surface area (Å²) in [6.07, 6.45) is 1.84. The smallest absolute Gasteiger partial charge is 0.240 e. The number of aliphatic hydroxyl groups excluding tert-OH is 1. The minimum atomic E-state index is -0.483. The number of amides is 1. The molecule has 1 spiro atoms. The first-order chi connectivity index (χ1) is 7.52. The van der Waals surface area contributed by atoms with Gasteiger partial charge in [0.15, 0.2) is 0 Å². The lowest BCUT2D eigenvalue weighted by Gasteiger charge is -2.36. The monoisotopic (exact) mass is 247 g/mol. The molecule has 2 heterocycles. The average Bonchev–Trinajstić information content (AvgIpc) is 2.60. The van der Waals surface area contributed by atoms with Crippen molar-refractivity contribution in [1.82, 2.24) is 4.90 Å². The van der Waals surface area contributed by atoms with Gasteiger partial charge in [-0.05, 0) is 19.8 Å². The van der Waals surface area contributed by atoms with Crippen LogP contribution in [0.15, 0.2) is 0 Å². The third-order valence-electron chi connectivity index (χ3n) is 3.44. The van der Waals surface area contributed by atoms with E-state index >= 15 is 0 Å². The Morgan fingerprint density at radius 1 is 1.69 bits per heavy atom. The second-order valence-electron chi connectivity index (χ2n) is 4.80. The van der Waals surface area contributed by atoms with Gasteiger partial charge in [-0.25, -0.2) is 0 Å². The molecule has 0 aromatic carbocycles. The Balaban J connectivity index is 1.98. The lowest BCUT2D eigenvalue weighted by Crippen LogP contribution is -2.45. The molecular formula is C11H18ClNO3. The molecule has 5 heteroatoms. The number of ether oxygens (including phenoxy) is 1. The van der Waals surface area contributed by atoms with Crippen molar-refractivity contribution in [2.45, 2.75) is 43.3 Å². The molecule has 1 N–H and O–H groups in total. The van der Waals surface area contributed by atoms with Gasteiger partial charge >= 0.3 is 0 Å². The molecule has 16 heavy (non-hydrogen) atoms. The number of rotatable bonds is 1. The molecule has 0 aromatic heterocycles. The van der Waals surface area contributed by atoms with Gasteiger partial charge in [-0.15, -0.1) is 11.6 Å². The molecule has 0 unspecified atom stereocenters. The number of hydrogen-bond donors (Lipinski definition) is 1. The van der Waals surface area contributed by atoms with Crippen LogP contribution in [-0.4, -0.2) is 52.7 Å². The summed E-state index contributed by atoms with van der Waals surface area (Å²) >= 11 is 5.78. The molecule has 2 rings (SSSR count). The van der Waals surface area contributed by atoms with E-state index in [0.29, 0.717) is 32.5 Å². The summed E-state index contributed by atoms with van der Waals surface area (Å²) in [6.45, 7) is 3.52. The van der Waals surface area contributed by atoms with E-state index in [-0.39, 0.29) is 17.6 Å². The highest BCUT2D eigenvalue weighted by Crippen LogP contribution is 2.34. The van der Waals surface area contributed by atoms with Crippen molar-refractivity contribution >= 4 is 17.5 Å². The minimum absolute atomic E-state index is 0.0396. The molecule has 92 valence electrons. The van der Waals surface area contributed by atoms with Crippen LogP contribution in [0.1, 0.15) is 26.2 Å². The van der Waals surface area contributed by atoms with Crippen molar-refractivity contribution in [2.24, 2.45) is 0 Å². The van der Waals surface area contributed by atoms with Crippen LogP contribution in [-0.2, 0) is 9.53 Å². The molecule has 1 amide bonds. The van der Waals surface area contributed by atoms with Gasteiger partial charge in [0.2, 0.25) is 5.91 Å². The van der Waals surface area contributed by atoms with Gasteiger partial charge in [-0.2, -0.15) is 0 Å². The van der Waals surface area contributed by atoms with Crippen molar-refractivity contribution in [3.05, 3.63) is 0 Å². The van der Waals surface area contributed by atoms with Gasteiger partial charge in [-0.1, -0.05) is 0 Å². The Hall–Kier alpha value is -0.320. The first-order valence-corrected chi connectivity index (χ1v) is 6.21. The molecule has 2 saturated heterocycles. The summed E-state index contributed by atoms with van der Waals surface area (Å²) in [4.78, 5) is 13.5. The zero-order chi connectivity index (χ0) is 11.8. The van der Waals surface area contributed by atoms with Crippen molar-refractivity contribution in [1.29, 1.82) is 0 Å². The molecular weight excluding hydrogens is 230 g/mol. The summed E-state index contributed by atoms with van der Waals surface area (Å²) < 4.78 is 5.76. The van der Waals surface area contributed by atoms with Crippen LogP contribution in [0.3, 0.4) is 0 Å². The van der Waals surface area contributed by atoms with E-state index in [4.69, 9.17) is 16.3 Å². The normalized spacial score (nSPS) is 36.7. The van der Waals surface area contributed by atoms with Gasteiger partial charge in [0, 0.05) is 26.1 Å². The molecule has 3 atom stereocenters. The molecule has 0 aliphatic carbocycles. The van der Waals surface area contributed by atoms with Gasteiger partial charge in [0.05, 0.1) is 11.7 Å². The van der Waals surface area contributed by atoms with Gasteiger partial charge < -0.3 is 14.7 Å². The Morgan fingerprint density at radius 3 is 3.06 bits per heavy atom. The Labute approximate surface area is 101 Å². The fourth-order valence-electron chi connectivity index (χ4n) is 2.57. The van der Waals surface area contributed by atoms with Gasteiger partial charge in [-0.3, -0.25) is 4.79 Å². The predicted octanol–water partition coefficient (Wildman–Crippen LogP) is 0.756. The first kappa shape index (κ1) is 12.1. The largest absolute Gasteiger partial charge is 0.393 e. The lowest BCUT2D eigenvalue weighted by atomic mass is 9.91. The number of alkyl halides is 1. The lowest BCUT2D eigenvalue weighted by molar-refractivity contribution is -0.135. The van der Waals surface area contributed by atoms with Crippen molar-refractivity contribution in [3.63, 3.8) is 0 Å². The van der Waals surface area contributed by atoms with Crippen molar-refractivity contribution < 1.29 is 14.6 Å². The van der Waals surface area contributed by atoms with Crippen LogP contribution < -0.4 is 0 Å². The maximum Gasteiger partial charge on any atom is 0.240 e. The summed E-state index contributed by atoms with van der Waals surface area (Å²) in [5, 5.41) is 9.18. The number of aliphatic hydroxyl groups is 1. The summed E-state index contributed by atoms with van der Waals surface area (Å²) in [6, 6.07) is 0. The van der Waals surface area contributed by atoms with Crippen molar-refractivity contribution in [3.8, 4) is 0 Å². The number of halogens is 1. The van der Waals surface area contributed by atoms with Crippen LogP contribution in [0.4, 0.5) is 0 Å². The molecule has 0 saturated carbocycles. The molecule has 2 aliphatic heterocycles.